The second-order valence-corrected chi connectivity index (χ2v) is 7.91. The maximum atomic E-state index is 12.5. The first kappa shape index (κ1) is 17.7. The highest BCUT2D eigenvalue weighted by atomic mass is 32.2. The summed E-state index contributed by atoms with van der Waals surface area (Å²) in [6, 6.07) is 16.6. The first-order valence-corrected chi connectivity index (χ1v) is 10.2. The number of benzene rings is 2. The molecule has 0 radical (unpaired) electrons. The molecule has 0 unspecified atom stereocenters. The zero-order chi connectivity index (χ0) is 20.1. The van der Waals surface area contributed by atoms with Gasteiger partial charge in [-0.25, -0.2) is 0 Å². The Morgan fingerprint density at radius 1 is 1.10 bits per heavy atom. The molecule has 6 heteroatoms. The molecule has 1 N–H and O–H groups in total. The van der Waals surface area contributed by atoms with Gasteiger partial charge in [0.25, 0.3) is 5.91 Å². The van der Waals surface area contributed by atoms with E-state index < -0.39 is 0 Å². The molecular weight excluding hydrogens is 380 g/mol. The summed E-state index contributed by atoms with van der Waals surface area (Å²) >= 11 is 1.35. The predicted molar refractivity (Wildman–Crippen MR) is 119 cm³/mol. The molecule has 2 aliphatic heterocycles. The van der Waals surface area contributed by atoms with Crippen molar-refractivity contribution in [2.24, 2.45) is 4.99 Å². The van der Waals surface area contributed by atoms with Crippen molar-refractivity contribution in [1.82, 2.24) is 9.47 Å². The van der Waals surface area contributed by atoms with Gasteiger partial charge in [0.05, 0.1) is 11.3 Å². The Bertz CT molecular complexity index is 1290. The van der Waals surface area contributed by atoms with Gasteiger partial charge in [0.2, 0.25) is 0 Å². The van der Waals surface area contributed by atoms with E-state index in [4.69, 9.17) is 5.41 Å². The third-order valence-corrected chi connectivity index (χ3v) is 6.05. The zero-order valence-corrected chi connectivity index (χ0v) is 16.8. The fraction of sp³-hybridized carbons (Fsp3) is 0.0870. The van der Waals surface area contributed by atoms with Crippen LogP contribution in [-0.4, -0.2) is 26.4 Å². The normalized spacial score (nSPS) is 17.4. The van der Waals surface area contributed by atoms with Crippen LogP contribution in [-0.2, 0) is 4.79 Å². The van der Waals surface area contributed by atoms with Crippen molar-refractivity contribution in [2.75, 3.05) is 0 Å². The number of fused-ring (bicyclic) bond motifs is 2. The molecule has 0 bridgehead atoms. The molecular formula is C23H18N4OS. The van der Waals surface area contributed by atoms with Gasteiger partial charge in [0, 0.05) is 23.0 Å². The SMILES string of the molecule is Cc1cc(C=C2C(=N)N3C=CSC3=NC2=O)c(C)n1-c1cccc2ccccc12. The summed E-state index contributed by atoms with van der Waals surface area (Å²) in [5, 5.41) is 13.2. The van der Waals surface area contributed by atoms with E-state index in [9.17, 15) is 4.79 Å². The van der Waals surface area contributed by atoms with Crippen LogP contribution in [0.2, 0.25) is 0 Å². The summed E-state index contributed by atoms with van der Waals surface area (Å²) in [6.07, 6.45) is 3.55. The second kappa shape index (κ2) is 6.60. The van der Waals surface area contributed by atoms with Crippen LogP contribution in [0.5, 0.6) is 0 Å². The average Bonchev–Trinajstić information content (AvgIpc) is 3.29. The van der Waals surface area contributed by atoms with Crippen molar-refractivity contribution < 1.29 is 4.79 Å². The Morgan fingerprint density at radius 3 is 2.76 bits per heavy atom. The quantitative estimate of drug-likeness (QED) is 0.616. The van der Waals surface area contributed by atoms with E-state index in [-0.39, 0.29) is 11.7 Å². The molecule has 0 fully saturated rings. The zero-order valence-electron chi connectivity index (χ0n) is 16.0. The Balaban J connectivity index is 1.64. The molecule has 0 aliphatic carbocycles. The van der Waals surface area contributed by atoms with Crippen LogP contribution in [0.25, 0.3) is 22.5 Å². The lowest BCUT2D eigenvalue weighted by atomic mass is 10.1. The molecule has 0 spiro atoms. The van der Waals surface area contributed by atoms with E-state index in [1.165, 1.54) is 22.5 Å². The number of carbonyl (C=O) groups excluding carboxylic acids is 1. The van der Waals surface area contributed by atoms with E-state index in [2.05, 4.69) is 52.9 Å². The minimum absolute atomic E-state index is 0.163. The smallest absolute Gasteiger partial charge is 0.283 e. The molecule has 0 saturated heterocycles. The summed E-state index contributed by atoms with van der Waals surface area (Å²) in [5.41, 5.74) is 4.42. The van der Waals surface area contributed by atoms with Gasteiger partial charge in [0.1, 0.15) is 5.84 Å². The molecule has 1 amide bonds. The highest BCUT2D eigenvalue weighted by Crippen LogP contribution is 2.31. The number of thioether (sulfide) groups is 1. The fourth-order valence-electron chi connectivity index (χ4n) is 3.89. The first-order valence-electron chi connectivity index (χ1n) is 9.28. The number of hydrogen-bond donors (Lipinski definition) is 1. The third-order valence-electron chi connectivity index (χ3n) is 5.29. The van der Waals surface area contributed by atoms with Crippen LogP contribution >= 0.6 is 11.8 Å². The number of amides is 1. The maximum Gasteiger partial charge on any atom is 0.283 e. The number of carbonyl (C=O) groups is 1. The lowest BCUT2D eigenvalue weighted by Crippen LogP contribution is -2.35. The maximum absolute atomic E-state index is 12.5. The van der Waals surface area contributed by atoms with Crippen LogP contribution in [0.4, 0.5) is 0 Å². The van der Waals surface area contributed by atoms with Crippen molar-refractivity contribution in [2.45, 2.75) is 13.8 Å². The van der Waals surface area contributed by atoms with E-state index in [1.807, 2.05) is 24.5 Å². The number of aromatic nitrogens is 1. The molecule has 1 aromatic heterocycles. The third kappa shape index (κ3) is 2.76. The summed E-state index contributed by atoms with van der Waals surface area (Å²) < 4.78 is 2.20. The highest BCUT2D eigenvalue weighted by Gasteiger charge is 2.31. The van der Waals surface area contributed by atoms with Gasteiger partial charge in [-0.1, -0.05) is 48.2 Å². The molecule has 2 aromatic carbocycles. The summed E-state index contributed by atoms with van der Waals surface area (Å²) in [6.45, 7) is 4.10. The highest BCUT2D eigenvalue weighted by molar-refractivity contribution is 8.16. The molecule has 5 rings (SSSR count). The van der Waals surface area contributed by atoms with E-state index in [0.29, 0.717) is 10.7 Å². The number of rotatable bonds is 2. The number of amidine groups is 2. The molecule has 0 atom stereocenters. The standard InChI is InChI=1S/C23H18N4OS/c1-14-12-17(13-19-21(24)26-10-11-29-23(26)25-22(19)28)15(2)27(14)20-9-5-7-16-6-3-4-8-18(16)20/h3-13,24H,1-2H3. The van der Waals surface area contributed by atoms with Gasteiger partial charge in [-0.05, 0) is 48.4 Å². The molecule has 29 heavy (non-hydrogen) atoms. The van der Waals surface area contributed by atoms with Crippen molar-refractivity contribution in [3.8, 4) is 5.69 Å². The Labute approximate surface area is 172 Å². The Hall–Kier alpha value is -3.38. The lowest BCUT2D eigenvalue weighted by molar-refractivity contribution is -0.114. The van der Waals surface area contributed by atoms with Gasteiger partial charge in [0.15, 0.2) is 5.17 Å². The van der Waals surface area contributed by atoms with Gasteiger partial charge in [-0.15, -0.1) is 0 Å². The molecule has 3 heterocycles. The number of aryl methyl sites for hydroxylation is 1. The van der Waals surface area contributed by atoms with E-state index in [0.717, 1.165) is 22.6 Å². The largest absolute Gasteiger partial charge is 0.317 e. The summed E-state index contributed by atoms with van der Waals surface area (Å²) in [5.74, 6) is -0.205. The average molecular weight is 398 g/mol. The minimum atomic E-state index is -0.368. The monoisotopic (exact) mass is 398 g/mol. The van der Waals surface area contributed by atoms with Crippen LogP contribution in [0.1, 0.15) is 17.0 Å². The molecule has 142 valence electrons. The van der Waals surface area contributed by atoms with Crippen LogP contribution in [0, 0.1) is 19.3 Å². The second-order valence-electron chi connectivity index (χ2n) is 7.04. The van der Waals surface area contributed by atoms with Crippen molar-refractivity contribution in [3.05, 3.63) is 82.7 Å². The van der Waals surface area contributed by atoms with Crippen molar-refractivity contribution >= 4 is 45.5 Å². The predicted octanol–water partition coefficient (Wildman–Crippen LogP) is 5.02. The van der Waals surface area contributed by atoms with E-state index in [1.54, 1.807) is 17.2 Å². The van der Waals surface area contributed by atoms with E-state index >= 15 is 0 Å². The number of aliphatic imine (C=N–C) groups is 1. The molecule has 0 saturated carbocycles. The van der Waals surface area contributed by atoms with Crippen LogP contribution in [0.3, 0.4) is 0 Å². The lowest BCUT2D eigenvalue weighted by Gasteiger charge is -2.22. The summed E-state index contributed by atoms with van der Waals surface area (Å²) in [7, 11) is 0. The van der Waals surface area contributed by atoms with Gasteiger partial charge in [-0.3, -0.25) is 15.1 Å². The Morgan fingerprint density at radius 2 is 1.90 bits per heavy atom. The molecule has 5 nitrogen and oxygen atoms in total. The topological polar surface area (TPSA) is 61.5 Å². The van der Waals surface area contributed by atoms with Gasteiger partial charge in [-0.2, -0.15) is 4.99 Å². The summed E-state index contributed by atoms with van der Waals surface area (Å²) in [4.78, 5) is 18.3. The van der Waals surface area contributed by atoms with Crippen molar-refractivity contribution in [3.63, 3.8) is 0 Å². The number of nitrogens with zero attached hydrogens (tertiary/aromatic N) is 3. The first-order chi connectivity index (χ1) is 14.0. The van der Waals surface area contributed by atoms with Crippen LogP contribution in [0.15, 0.2) is 70.7 Å². The van der Waals surface area contributed by atoms with Crippen LogP contribution < -0.4 is 0 Å². The van der Waals surface area contributed by atoms with Gasteiger partial charge < -0.3 is 4.57 Å². The minimum Gasteiger partial charge on any atom is -0.317 e. The molecule has 2 aliphatic rings. The van der Waals surface area contributed by atoms with Crippen molar-refractivity contribution in [1.29, 1.82) is 5.41 Å². The fourth-order valence-corrected chi connectivity index (χ4v) is 4.60. The van der Waals surface area contributed by atoms with Gasteiger partial charge >= 0.3 is 0 Å². The number of hydrogen-bond acceptors (Lipinski definition) is 3. The molecule has 3 aromatic rings. The number of nitrogens with one attached hydrogen (secondary N) is 1. The Kier molecular flexibility index (Phi) is 4.03.